The van der Waals surface area contributed by atoms with Gasteiger partial charge in [-0.05, 0) is 0 Å². The predicted octanol–water partition coefficient (Wildman–Crippen LogP) is 9.42. The first-order valence-corrected chi connectivity index (χ1v) is 11.1. The molecular weight excluding hydrogens is 786 g/mol. The summed E-state index contributed by atoms with van der Waals surface area (Å²) < 4.78 is 393. The number of hydrogen-bond donors (Lipinski definition) is 0. The van der Waals surface area contributed by atoms with Gasteiger partial charge in [0, 0.05) is 0 Å². The van der Waals surface area contributed by atoms with Crippen LogP contribution in [0.5, 0.6) is 0 Å². The molecule has 0 heterocycles. The van der Waals surface area contributed by atoms with Crippen molar-refractivity contribution in [1.82, 2.24) is 0 Å². The molecule has 2 nitrogen and oxygen atoms in total. The SMILES string of the molecule is FC(F)(F)O[Si](OC(F)(F)C(F)(F)C(F)(F)C(F)(F)C(F)(F)C(F)(F)C(F)(F)C(F)(F)C(F)(F)F)(C(F)(F)F)C(F)(F)C(F)(F)F. The summed E-state index contributed by atoms with van der Waals surface area (Å²) in [4.78, 5) is 0. The van der Waals surface area contributed by atoms with Gasteiger partial charge in [0.2, 0.25) is 0 Å². The van der Waals surface area contributed by atoms with Crippen LogP contribution >= 0.6 is 0 Å². The highest BCUT2D eigenvalue weighted by molar-refractivity contribution is 6.72. The fourth-order valence-electron chi connectivity index (χ4n) is 2.38. The maximum atomic E-state index is 13.8. The second kappa shape index (κ2) is 10.8. The fraction of sp³-hybridized carbons (Fsp3) is 1.00. The predicted molar refractivity (Wildman–Crippen MR) is 76.7 cm³/mol. The summed E-state index contributed by atoms with van der Waals surface area (Å²) in [7, 11) is -11.1. The van der Waals surface area contributed by atoms with Crippen molar-refractivity contribution >= 4 is 8.56 Å². The maximum Gasteiger partial charge on any atom is 0.552 e. The molecule has 0 radical (unpaired) electrons. The van der Waals surface area contributed by atoms with Crippen LogP contribution in [0.3, 0.4) is 0 Å². The molecule has 33 heteroatoms. The number of halogens is 30. The van der Waals surface area contributed by atoms with Crippen molar-refractivity contribution in [2.24, 2.45) is 0 Å². The highest BCUT2D eigenvalue weighted by atomic mass is 28.4. The first kappa shape index (κ1) is 44.0. The summed E-state index contributed by atoms with van der Waals surface area (Å²) in [5.74, 6) is -75.3. The van der Waals surface area contributed by atoms with E-state index >= 15 is 0 Å². The van der Waals surface area contributed by atoms with Gasteiger partial charge in [-0.3, -0.25) is 4.43 Å². The molecule has 0 saturated heterocycles. The zero-order valence-electron chi connectivity index (χ0n) is 19.2. The molecule has 0 aliphatic rings. The molecule has 0 saturated carbocycles. The van der Waals surface area contributed by atoms with Gasteiger partial charge in [0.05, 0.1) is 0 Å². The van der Waals surface area contributed by atoms with Gasteiger partial charge in [0.1, 0.15) is 0 Å². The highest BCUT2D eigenvalue weighted by Crippen LogP contribution is 2.66. The van der Waals surface area contributed by atoms with Gasteiger partial charge in [0.25, 0.3) is 0 Å². The van der Waals surface area contributed by atoms with Crippen molar-refractivity contribution in [3.05, 3.63) is 0 Å². The Morgan fingerprint density at radius 2 is 0.543 bits per heavy atom. The van der Waals surface area contributed by atoms with E-state index in [1.165, 1.54) is 0 Å². The lowest BCUT2D eigenvalue weighted by atomic mass is 9.88. The second-order valence-corrected chi connectivity index (χ2v) is 10.7. The van der Waals surface area contributed by atoms with Gasteiger partial charge in [-0.25, -0.2) is 0 Å². The van der Waals surface area contributed by atoms with Crippen molar-refractivity contribution in [2.45, 2.75) is 77.6 Å². The lowest BCUT2D eigenvalue weighted by molar-refractivity contribution is -0.479. The quantitative estimate of drug-likeness (QED) is 0.154. The lowest BCUT2D eigenvalue weighted by Gasteiger charge is -2.45. The van der Waals surface area contributed by atoms with Crippen molar-refractivity contribution in [1.29, 1.82) is 0 Å². The Hall–Kier alpha value is -1.96. The summed E-state index contributed by atoms with van der Waals surface area (Å²) in [6.45, 7) is 0. The minimum Gasteiger partial charge on any atom is -0.320 e. The van der Waals surface area contributed by atoms with Gasteiger partial charge in [0.15, 0.2) is 0 Å². The molecule has 0 bridgehead atoms. The number of rotatable bonds is 11. The molecule has 0 aliphatic heterocycles. The second-order valence-electron chi connectivity index (χ2n) is 7.87. The molecular formula is C13F30O2Si. The third kappa shape index (κ3) is 5.95. The van der Waals surface area contributed by atoms with Crippen molar-refractivity contribution in [3.8, 4) is 0 Å². The monoisotopic (exact) mass is 786 g/mol. The fourth-order valence-corrected chi connectivity index (χ4v) is 4.46. The molecule has 0 aromatic carbocycles. The smallest absolute Gasteiger partial charge is 0.320 e. The molecule has 0 aromatic rings. The van der Waals surface area contributed by atoms with Crippen LogP contribution in [0.4, 0.5) is 132 Å². The van der Waals surface area contributed by atoms with E-state index in [1.54, 1.807) is 0 Å². The summed E-state index contributed by atoms with van der Waals surface area (Å²) in [5.41, 5.74) is -8.84. The van der Waals surface area contributed by atoms with Crippen LogP contribution in [-0.4, -0.2) is 86.2 Å². The van der Waals surface area contributed by atoms with Crippen LogP contribution < -0.4 is 0 Å². The van der Waals surface area contributed by atoms with Crippen molar-refractivity contribution in [2.75, 3.05) is 0 Å². The molecule has 0 aliphatic carbocycles. The Balaban J connectivity index is 7.72. The summed E-state index contributed by atoms with van der Waals surface area (Å²) in [6.07, 6.45) is -34.0. The Morgan fingerprint density at radius 1 is 0.283 bits per heavy atom. The lowest BCUT2D eigenvalue weighted by Crippen LogP contribution is -2.79. The van der Waals surface area contributed by atoms with Crippen LogP contribution in [0.25, 0.3) is 0 Å². The van der Waals surface area contributed by atoms with Crippen LogP contribution in [0.2, 0.25) is 0 Å². The first-order valence-electron chi connectivity index (χ1n) is 9.24. The number of alkyl halides is 30. The van der Waals surface area contributed by atoms with Crippen LogP contribution in [0.15, 0.2) is 0 Å². The zero-order valence-corrected chi connectivity index (χ0v) is 20.2. The molecule has 0 amide bonds. The Labute approximate surface area is 228 Å². The average Bonchev–Trinajstić information content (AvgIpc) is 2.73. The van der Waals surface area contributed by atoms with Crippen LogP contribution in [0.1, 0.15) is 0 Å². The molecule has 0 rings (SSSR count). The van der Waals surface area contributed by atoms with E-state index in [-0.39, 0.29) is 0 Å². The topological polar surface area (TPSA) is 18.5 Å². The van der Waals surface area contributed by atoms with E-state index in [2.05, 4.69) is 0 Å². The van der Waals surface area contributed by atoms with Gasteiger partial charge < -0.3 is 4.43 Å². The Morgan fingerprint density at radius 3 is 0.761 bits per heavy atom. The minimum atomic E-state index is -11.1. The molecule has 0 N–H and O–H groups in total. The summed E-state index contributed by atoms with van der Waals surface area (Å²) in [6, 6.07) is 0. The van der Waals surface area contributed by atoms with E-state index in [4.69, 9.17) is 0 Å². The average molecular weight is 786 g/mol. The third-order valence-electron chi connectivity index (χ3n) is 4.76. The minimum absolute atomic E-state index is 0.924. The van der Waals surface area contributed by atoms with E-state index in [1.807, 2.05) is 0 Å². The van der Waals surface area contributed by atoms with Gasteiger partial charge in [-0.2, -0.15) is 119 Å². The third-order valence-corrected chi connectivity index (χ3v) is 7.68. The van der Waals surface area contributed by atoms with Crippen LogP contribution in [0, 0.1) is 0 Å². The first-order chi connectivity index (χ1) is 19.2. The van der Waals surface area contributed by atoms with E-state index in [0.717, 1.165) is 8.85 Å². The standard InChI is InChI=1S/C13F30O2Si/c14-1(15,2(16,17)4(20,21)6(24,25)8(28,29)30)3(18,19)5(22,23)7(26,27)10(34,35)44-46(13(41,42)43,45-12(38,39)40)11(36,37)9(31,32)33. The molecule has 46 heavy (non-hydrogen) atoms. The van der Waals surface area contributed by atoms with E-state index in [9.17, 15) is 132 Å². The van der Waals surface area contributed by atoms with Gasteiger partial charge in [-0.15, -0.1) is 13.2 Å². The van der Waals surface area contributed by atoms with Gasteiger partial charge >= 0.3 is 86.2 Å². The molecule has 0 fully saturated rings. The largest absolute Gasteiger partial charge is 0.552 e. The van der Waals surface area contributed by atoms with E-state index < -0.39 is 86.2 Å². The van der Waals surface area contributed by atoms with Gasteiger partial charge in [-0.1, -0.05) is 0 Å². The summed E-state index contributed by atoms with van der Waals surface area (Å²) >= 11 is 0. The van der Waals surface area contributed by atoms with Crippen molar-refractivity contribution in [3.63, 3.8) is 0 Å². The highest BCUT2D eigenvalue weighted by Gasteiger charge is 2.98. The zero-order chi connectivity index (χ0) is 38.4. The Bertz CT molecular complexity index is 1090. The normalized spacial score (nSPS) is 18.1. The molecule has 1 atom stereocenters. The molecule has 278 valence electrons. The van der Waals surface area contributed by atoms with E-state index in [0.29, 0.717) is 0 Å². The molecule has 0 aromatic heterocycles. The van der Waals surface area contributed by atoms with Crippen molar-refractivity contribution < 1.29 is 141 Å². The molecule has 1 unspecified atom stereocenters. The summed E-state index contributed by atoms with van der Waals surface area (Å²) in [5, 5.41) is 0. The van der Waals surface area contributed by atoms with Crippen LogP contribution in [-0.2, 0) is 8.85 Å². The molecule has 0 spiro atoms. The number of hydrogen-bond acceptors (Lipinski definition) is 2. The maximum absolute atomic E-state index is 13.8. The Kier molecular flexibility index (Phi) is 10.3.